The van der Waals surface area contributed by atoms with Crippen molar-refractivity contribution in [3.8, 4) is 5.88 Å². The molecule has 1 N–H and O–H groups in total. The van der Waals surface area contributed by atoms with Gasteiger partial charge < -0.3 is 10.1 Å². The summed E-state index contributed by atoms with van der Waals surface area (Å²) in [5.74, 6) is -0.0866. The summed E-state index contributed by atoms with van der Waals surface area (Å²) in [6.07, 6.45) is 4.51. The number of carbonyl (C=O) groups is 1. The first-order chi connectivity index (χ1) is 15.3. The zero-order valence-electron chi connectivity index (χ0n) is 17.7. The van der Waals surface area contributed by atoms with Gasteiger partial charge in [0.25, 0.3) is 5.91 Å². The minimum Gasteiger partial charge on any atom is -0.467 e. The summed E-state index contributed by atoms with van der Waals surface area (Å²) < 4.78 is 32.6. The van der Waals surface area contributed by atoms with E-state index in [0.29, 0.717) is 19.0 Å². The molecule has 2 aromatic heterocycles. The first kappa shape index (κ1) is 22.9. The predicted octanol–water partition coefficient (Wildman–Crippen LogP) is 3.88. The molecule has 1 aliphatic rings. The zero-order chi connectivity index (χ0) is 22.9. The molecule has 32 heavy (non-hydrogen) atoms. The van der Waals surface area contributed by atoms with Crippen LogP contribution in [0.2, 0.25) is 5.02 Å². The van der Waals surface area contributed by atoms with Crippen LogP contribution in [0.1, 0.15) is 30.7 Å². The second-order valence-corrected chi connectivity index (χ2v) is 10.7. The maximum absolute atomic E-state index is 12.8. The molecule has 2 heterocycles. The lowest BCUT2D eigenvalue weighted by Crippen LogP contribution is -2.30. The van der Waals surface area contributed by atoms with Crippen LogP contribution in [0.3, 0.4) is 0 Å². The molecule has 0 saturated carbocycles. The Balaban J connectivity index is 1.50. The highest BCUT2D eigenvalue weighted by atomic mass is 35.5. The molecule has 0 aliphatic heterocycles. The molecule has 8 nitrogen and oxygen atoms in total. The number of amides is 1. The summed E-state index contributed by atoms with van der Waals surface area (Å²) in [6, 6.07) is 4.25. The monoisotopic (exact) mass is 494 g/mol. The number of ether oxygens (including phenoxy) is 1. The van der Waals surface area contributed by atoms with Gasteiger partial charge in [0, 0.05) is 18.0 Å². The zero-order valence-corrected chi connectivity index (χ0v) is 20.1. The molecule has 0 spiro atoms. The smallest absolute Gasteiger partial charge is 0.262 e. The number of rotatable bonds is 8. The summed E-state index contributed by atoms with van der Waals surface area (Å²) >= 11 is 7.84. The summed E-state index contributed by atoms with van der Waals surface area (Å²) in [6.45, 7) is 3.93. The molecule has 0 radical (unpaired) electrons. The van der Waals surface area contributed by atoms with E-state index in [-0.39, 0.29) is 22.2 Å². The van der Waals surface area contributed by atoms with Crippen LogP contribution in [0, 0.1) is 0 Å². The van der Waals surface area contributed by atoms with Crippen molar-refractivity contribution in [2.75, 3.05) is 25.0 Å². The van der Waals surface area contributed by atoms with Gasteiger partial charge >= 0.3 is 0 Å². The molecule has 170 valence electrons. The summed E-state index contributed by atoms with van der Waals surface area (Å²) in [5.41, 5.74) is 1.41. The molecule has 1 aromatic carbocycles. The second kappa shape index (κ2) is 9.30. The van der Waals surface area contributed by atoms with Crippen LogP contribution in [0.5, 0.6) is 5.88 Å². The first-order valence-electron chi connectivity index (χ1n) is 10.3. The Kier molecular flexibility index (Phi) is 6.66. The Labute approximate surface area is 195 Å². The van der Waals surface area contributed by atoms with Crippen molar-refractivity contribution in [1.82, 2.24) is 14.3 Å². The van der Waals surface area contributed by atoms with Gasteiger partial charge in [-0.1, -0.05) is 25.4 Å². The molecular formula is C21H23ClN4O4S2. The highest BCUT2D eigenvalue weighted by Gasteiger charge is 2.24. The molecule has 0 unspecified atom stereocenters. The van der Waals surface area contributed by atoms with Gasteiger partial charge in [-0.3, -0.25) is 4.79 Å². The number of hydrogen-bond acceptors (Lipinski definition) is 7. The number of carbonyl (C=O) groups excluding carboxylic acids is 1. The number of anilines is 1. The van der Waals surface area contributed by atoms with Crippen LogP contribution < -0.4 is 10.1 Å². The van der Waals surface area contributed by atoms with Gasteiger partial charge in [0.2, 0.25) is 15.9 Å². The van der Waals surface area contributed by atoms with Gasteiger partial charge in [-0.05, 0) is 43.0 Å². The Morgan fingerprint density at radius 1 is 1.25 bits per heavy atom. The number of nitrogens with one attached hydrogen (secondary N) is 1. The van der Waals surface area contributed by atoms with E-state index in [1.807, 2.05) is 0 Å². The van der Waals surface area contributed by atoms with Gasteiger partial charge in [-0.15, -0.1) is 11.3 Å². The van der Waals surface area contributed by atoms with Crippen LogP contribution in [-0.4, -0.2) is 48.3 Å². The van der Waals surface area contributed by atoms with Gasteiger partial charge in [0.15, 0.2) is 6.61 Å². The number of fused-ring (bicyclic) bond motifs is 3. The summed E-state index contributed by atoms with van der Waals surface area (Å²) in [4.78, 5) is 23.3. The fraction of sp³-hybridized carbons (Fsp3) is 0.381. The van der Waals surface area contributed by atoms with Crippen LogP contribution in [-0.2, 0) is 27.7 Å². The van der Waals surface area contributed by atoms with E-state index in [9.17, 15) is 13.2 Å². The number of halogens is 1. The molecule has 0 atom stereocenters. The van der Waals surface area contributed by atoms with Crippen LogP contribution in [0.4, 0.5) is 5.69 Å². The number of aromatic nitrogens is 2. The van der Waals surface area contributed by atoms with E-state index in [1.54, 1.807) is 25.2 Å². The summed E-state index contributed by atoms with van der Waals surface area (Å²) in [5, 5.41) is 3.75. The molecule has 0 saturated heterocycles. The first-order valence-corrected chi connectivity index (χ1v) is 13.0. The van der Waals surface area contributed by atoms with E-state index in [4.69, 9.17) is 16.3 Å². The molecule has 0 bridgehead atoms. The Morgan fingerprint density at radius 3 is 2.78 bits per heavy atom. The predicted molar refractivity (Wildman–Crippen MR) is 125 cm³/mol. The fourth-order valence-electron chi connectivity index (χ4n) is 3.80. The largest absolute Gasteiger partial charge is 0.467 e. The minimum atomic E-state index is -3.68. The van der Waals surface area contributed by atoms with Crippen molar-refractivity contribution in [3.63, 3.8) is 0 Å². The van der Waals surface area contributed by atoms with Crippen LogP contribution in [0.25, 0.3) is 10.2 Å². The minimum absolute atomic E-state index is 0.0631. The quantitative estimate of drug-likeness (QED) is 0.510. The maximum Gasteiger partial charge on any atom is 0.262 e. The number of sulfonamides is 1. The molecule has 4 rings (SSSR count). The Morgan fingerprint density at radius 2 is 2.03 bits per heavy atom. The number of hydrogen-bond donors (Lipinski definition) is 1. The van der Waals surface area contributed by atoms with E-state index in [2.05, 4.69) is 15.3 Å². The molecule has 1 aliphatic carbocycles. The van der Waals surface area contributed by atoms with Crippen molar-refractivity contribution in [1.29, 1.82) is 0 Å². The van der Waals surface area contributed by atoms with E-state index < -0.39 is 15.9 Å². The van der Waals surface area contributed by atoms with Crippen molar-refractivity contribution >= 4 is 54.8 Å². The van der Waals surface area contributed by atoms with Crippen molar-refractivity contribution in [2.45, 2.75) is 38.0 Å². The fourth-order valence-corrected chi connectivity index (χ4v) is 6.67. The number of nitrogens with zero attached hydrogens (tertiary/aromatic N) is 3. The molecule has 1 amide bonds. The van der Waals surface area contributed by atoms with Gasteiger partial charge in [0.1, 0.15) is 11.2 Å². The number of aryl methyl sites for hydroxylation is 2. The summed E-state index contributed by atoms with van der Waals surface area (Å²) in [7, 11) is -3.68. The number of thiophene rings is 1. The topological polar surface area (TPSA) is 101 Å². The van der Waals surface area contributed by atoms with Crippen LogP contribution in [0.15, 0.2) is 29.4 Å². The Hall–Kier alpha value is -2.27. The maximum atomic E-state index is 12.8. The standard InChI is InChI=1S/C21H23ClN4O4S2/c1-3-26(4-2)32(28,29)13-8-9-15(22)16(10-13)25-18(27)11-30-20-19-14-6-5-7-17(14)31-21(19)24-12-23-20/h8-10,12H,3-7,11H2,1-2H3,(H,25,27). The average Bonchev–Trinajstić information content (AvgIpc) is 3.35. The lowest BCUT2D eigenvalue weighted by Gasteiger charge is -2.19. The van der Waals surface area contributed by atoms with Gasteiger partial charge in [-0.25, -0.2) is 18.4 Å². The SMILES string of the molecule is CCN(CC)S(=O)(=O)c1ccc(Cl)c(NC(=O)COc2ncnc3sc4c(c23)CCC4)c1. The molecular weight excluding hydrogens is 472 g/mol. The van der Waals surface area contributed by atoms with E-state index in [1.165, 1.54) is 39.3 Å². The van der Waals surface area contributed by atoms with Crippen molar-refractivity contribution in [2.24, 2.45) is 0 Å². The van der Waals surface area contributed by atoms with E-state index >= 15 is 0 Å². The highest BCUT2D eigenvalue weighted by Crippen LogP contribution is 2.39. The van der Waals surface area contributed by atoms with Crippen molar-refractivity contribution in [3.05, 3.63) is 40.0 Å². The third kappa shape index (κ3) is 4.32. The molecule has 11 heteroatoms. The lowest BCUT2D eigenvalue weighted by molar-refractivity contribution is -0.118. The second-order valence-electron chi connectivity index (χ2n) is 7.28. The normalized spacial score (nSPS) is 13.5. The van der Waals surface area contributed by atoms with Gasteiger partial charge in [-0.2, -0.15) is 4.31 Å². The third-order valence-electron chi connectivity index (χ3n) is 5.36. The third-order valence-corrected chi connectivity index (χ3v) is 8.94. The number of benzene rings is 1. The van der Waals surface area contributed by atoms with Crippen LogP contribution >= 0.6 is 22.9 Å². The Bertz CT molecular complexity index is 1270. The van der Waals surface area contributed by atoms with Gasteiger partial charge in [0.05, 0.1) is 21.0 Å². The molecule has 0 fully saturated rings. The average molecular weight is 495 g/mol. The van der Waals surface area contributed by atoms with E-state index in [0.717, 1.165) is 29.5 Å². The lowest BCUT2D eigenvalue weighted by atomic mass is 10.2. The highest BCUT2D eigenvalue weighted by molar-refractivity contribution is 7.89. The molecule has 3 aromatic rings. The van der Waals surface area contributed by atoms with Crippen molar-refractivity contribution < 1.29 is 17.9 Å².